The summed E-state index contributed by atoms with van der Waals surface area (Å²) in [4.78, 5) is 0. The minimum Gasteiger partial charge on any atom is -0.369 e. The maximum absolute atomic E-state index is 6.29. The first-order chi connectivity index (χ1) is 8.79. The molecule has 2 nitrogen and oxygen atoms in total. The monoisotopic (exact) mass is 247 g/mol. The Hall–Kier alpha value is -0.860. The van der Waals surface area contributed by atoms with Crippen LogP contribution >= 0.6 is 0 Å². The normalized spacial score (nSPS) is 18.1. The Labute approximate surface area is 111 Å². The lowest BCUT2D eigenvalue weighted by atomic mass is 10.1. The largest absolute Gasteiger partial charge is 0.369 e. The quantitative estimate of drug-likeness (QED) is 0.829. The summed E-state index contributed by atoms with van der Waals surface area (Å²) in [5.41, 5.74) is 2.62. The van der Waals surface area contributed by atoms with Crippen LogP contribution in [0.25, 0.3) is 0 Å². The fourth-order valence-electron chi connectivity index (χ4n) is 2.65. The highest BCUT2D eigenvalue weighted by Crippen LogP contribution is 2.27. The Balaban J connectivity index is 2.03. The standard InChI is InChI=1S/C16H25NO/c1-3-17-12-16(18-15-9-4-5-10-15)14-8-6-7-13(2)11-14/h6-8,11,15-17H,3-5,9-10,12H2,1-2H3. The highest BCUT2D eigenvalue weighted by molar-refractivity contribution is 5.24. The molecule has 0 bridgehead atoms. The molecule has 18 heavy (non-hydrogen) atoms. The van der Waals surface area contributed by atoms with E-state index < -0.39 is 0 Å². The average Bonchev–Trinajstić information content (AvgIpc) is 2.87. The molecule has 0 heterocycles. The van der Waals surface area contributed by atoms with Crippen molar-refractivity contribution in [1.29, 1.82) is 0 Å². The topological polar surface area (TPSA) is 21.3 Å². The van der Waals surface area contributed by atoms with Gasteiger partial charge in [-0.2, -0.15) is 0 Å². The molecule has 1 aliphatic carbocycles. The highest BCUT2D eigenvalue weighted by atomic mass is 16.5. The van der Waals surface area contributed by atoms with E-state index in [4.69, 9.17) is 4.74 Å². The van der Waals surface area contributed by atoms with E-state index in [-0.39, 0.29) is 6.10 Å². The lowest BCUT2D eigenvalue weighted by Gasteiger charge is -2.23. The molecule has 0 aromatic heterocycles. The van der Waals surface area contributed by atoms with Crippen molar-refractivity contribution >= 4 is 0 Å². The number of ether oxygens (including phenoxy) is 1. The van der Waals surface area contributed by atoms with Crippen LogP contribution in [0.1, 0.15) is 49.8 Å². The van der Waals surface area contributed by atoms with E-state index in [1.54, 1.807) is 0 Å². The van der Waals surface area contributed by atoms with Crippen LogP contribution in [0.3, 0.4) is 0 Å². The lowest BCUT2D eigenvalue weighted by molar-refractivity contribution is -0.00851. The summed E-state index contributed by atoms with van der Waals surface area (Å²) < 4.78 is 6.29. The summed E-state index contributed by atoms with van der Waals surface area (Å²) >= 11 is 0. The third-order valence-electron chi connectivity index (χ3n) is 3.65. The van der Waals surface area contributed by atoms with Gasteiger partial charge in [0.25, 0.3) is 0 Å². The summed E-state index contributed by atoms with van der Waals surface area (Å²) in [6.45, 7) is 6.19. The summed E-state index contributed by atoms with van der Waals surface area (Å²) in [6, 6.07) is 8.70. The van der Waals surface area contributed by atoms with Crippen LogP contribution in [0.15, 0.2) is 24.3 Å². The molecular weight excluding hydrogens is 222 g/mol. The SMILES string of the molecule is CCNCC(OC1CCCC1)c1cccc(C)c1. The van der Waals surface area contributed by atoms with Gasteiger partial charge >= 0.3 is 0 Å². The fraction of sp³-hybridized carbons (Fsp3) is 0.625. The van der Waals surface area contributed by atoms with Crippen LogP contribution in [-0.2, 0) is 4.74 Å². The second-order valence-electron chi connectivity index (χ2n) is 5.25. The maximum atomic E-state index is 6.29. The second-order valence-corrected chi connectivity index (χ2v) is 5.25. The van der Waals surface area contributed by atoms with Crippen molar-refractivity contribution in [3.63, 3.8) is 0 Å². The minimum atomic E-state index is 0.202. The number of aryl methyl sites for hydroxylation is 1. The van der Waals surface area contributed by atoms with E-state index in [1.165, 1.54) is 36.8 Å². The van der Waals surface area contributed by atoms with E-state index in [1.807, 2.05) is 0 Å². The molecule has 1 aromatic carbocycles. The van der Waals surface area contributed by atoms with Gasteiger partial charge in [-0.1, -0.05) is 49.6 Å². The molecule has 1 atom stereocenters. The van der Waals surface area contributed by atoms with E-state index in [9.17, 15) is 0 Å². The van der Waals surface area contributed by atoms with Crippen molar-refractivity contribution < 1.29 is 4.74 Å². The maximum Gasteiger partial charge on any atom is 0.0953 e. The van der Waals surface area contributed by atoms with Gasteiger partial charge in [0, 0.05) is 6.54 Å². The summed E-state index contributed by atoms with van der Waals surface area (Å²) in [5, 5.41) is 3.42. The van der Waals surface area contributed by atoms with Crippen LogP contribution in [0.4, 0.5) is 0 Å². The van der Waals surface area contributed by atoms with Crippen molar-refractivity contribution in [2.45, 2.75) is 51.7 Å². The van der Waals surface area contributed by atoms with Crippen LogP contribution < -0.4 is 5.32 Å². The zero-order valence-electron chi connectivity index (χ0n) is 11.6. The van der Waals surface area contributed by atoms with Crippen LogP contribution in [-0.4, -0.2) is 19.2 Å². The Morgan fingerprint density at radius 2 is 2.11 bits per heavy atom. The Bertz CT molecular complexity index is 358. The first-order valence-corrected chi connectivity index (χ1v) is 7.22. The molecule has 0 radical (unpaired) electrons. The first kappa shape index (κ1) is 13.6. The molecule has 1 aliphatic rings. The van der Waals surface area contributed by atoms with Gasteiger partial charge < -0.3 is 10.1 Å². The van der Waals surface area contributed by atoms with Crippen LogP contribution in [0, 0.1) is 6.92 Å². The summed E-state index contributed by atoms with van der Waals surface area (Å²) in [6.07, 6.45) is 5.78. The zero-order chi connectivity index (χ0) is 12.8. The smallest absolute Gasteiger partial charge is 0.0953 e. The molecule has 1 fully saturated rings. The molecular formula is C16H25NO. The molecule has 0 spiro atoms. The van der Waals surface area contributed by atoms with E-state index in [2.05, 4.69) is 43.4 Å². The second kappa shape index (κ2) is 6.91. The molecule has 1 aromatic rings. The zero-order valence-corrected chi connectivity index (χ0v) is 11.6. The van der Waals surface area contributed by atoms with Gasteiger partial charge in [0.2, 0.25) is 0 Å². The summed E-state index contributed by atoms with van der Waals surface area (Å²) in [7, 11) is 0. The molecule has 1 unspecified atom stereocenters. The number of rotatable bonds is 6. The van der Waals surface area contributed by atoms with Gasteiger partial charge in [-0.15, -0.1) is 0 Å². The van der Waals surface area contributed by atoms with Gasteiger partial charge in [0.05, 0.1) is 12.2 Å². The summed E-state index contributed by atoms with van der Waals surface area (Å²) in [5.74, 6) is 0. The molecule has 2 rings (SSSR count). The first-order valence-electron chi connectivity index (χ1n) is 7.22. The van der Waals surface area contributed by atoms with Gasteiger partial charge in [-0.05, 0) is 31.9 Å². The molecule has 0 aliphatic heterocycles. The molecule has 2 heteroatoms. The molecule has 0 amide bonds. The molecule has 1 saturated carbocycles. The Morgan fingerprint density at radius 1 is 1.33 bits per heavy atom. The van der Waals surface area contributed by atoms with E-state index >= 15 is 0 Å². The molecule has 1 N–H and O–H groups in total. The van der Waals surface area contributed by atoms with Crippen molar-refractivity contribution in [2.24, 2.45) is 0 Å². The minimum absolute atomic E-state index is 0.202. The number of likely N-dealkylation sites (N-methyl/N-ethyl adjacent to an activating group) is 1. The van der Waals surface area contributed by atoms with Crippen LogP contribution in [0.5, 0.6) is 0 Å². The van der Waals surface area contributed by atoms with Crippen molar-refractivity contribution in [1.82, 2.24) is 5.32 Å². The number of hydrogen-bond acceptors (Lipinski definition) is 2. The molecule has 100 valence electrons. The predicted molar refractivity (Wildman–Crippen MR) is 75.8 cm³/mol. The Morgan fingerprint density at radius 3 is 2.78 bits per heavy atom. The fourth-order valence-corrected chi connectivity index (χ4v) is 2.65. The average molecular weight is 247 g/mol. The number of hydrogen-bond donors (Lipinski definition) is 1. The van der Waals surface area contributed by atoms with Gasteiger partial charge in [-0.25, -0.2) is 0 Å². The lowest BCUT2D eigenvalue weighted by Crippen LogP contribution is -2.26. The van der Waals surface area contributed by atoms with Gasteiger partial charge in [-0.3, -0.25) is 0 Å². The van der Waals surface area contributed by atoms with E-state index in [0.29, 0.717) is 6.10 Å². The predicted octanol–water partition coefficient (Wildman–Crippen LogP) is 3.60. The van der Waals surface area contributed by atoms with Gasteiger partial charge in [0.1, 0.15) is 0 Å². The highest BCUT2D eigenvalue weighted by Gasteiger charge is 2.21. The van der Waals surface area contributed by atoms with Gasteiger partial charge in [0.15, 0.2) is 0 Å². The van der Waals surface area contributed by atoms with Crippen molar-refractivity contribution in [2.75, 3.05) is 13.1 Å². The molecule has 0 saturated heterocycles. The van der Waals surface area contributed by atoms with Crippen molar-refractivity contribution in [3.05, 3.63) is 35.4 Å². The third kappa shape index (κ3) is 3.82. The third-order valence-corrected chi connectivity index (χ3v) is 3.65. The van der Waals surface area contributed by atoms with Crippen molar-refractivity contribution in [3.8, 4) is 0 Å². The van der Waals surface area contributed by atoms with Crippen LogP contribution in [0.2, 0.25) is 0 Å². The van der Waals surface area contributed by atoms with E-state index in [0.717, 1.165) is 13.1 Å². The number of benzene rings is 1. The number of nitrogens with one attached hydrogen (secondary N) is 1. The Kier molecular flexibility index (Phi) is 5.21.